The van der Waals surface area contributed by atoms with E-state index in [0.717, 1.165) is 31.4 Å². The largest absolute Gasteiger partial charge is 0.356 e. The molecule has 1 aliphatic carbocycles. The van der Waals surface area contributed by atoms with E-state index in [1.807, 2.05) is 6.20 Å². The zero-order valence-corrected chi connectivity index (χ0v) is 13.2. The second-order valence-electron chi connectivity index (χ2n) is 6.44. The van der Waals surface area contributed by atoms with E-state index < -0.39 is 0 Å². The van der Waals surface area contributed by atoms with Gasteiger partial charge in [0, 0.05) is 25.8 Å². The molecule has 0 saturated heterocycles. The summed E-state index contributed by atoms with van der Waals surface area (Å²) in [6.07, 6.45) is 6.01. The molecule has 1 aromatic rings. The molecule has 1 aromatic heterocycles. The van der Waals surface area contributed by atoms with Crippen molar-refractivity contribution in [1.29, 1.82) is 0 Å². The number of aromatic nitrogens is 1. The summed E-state index contributed by atoms with van der Waals surface area (Å²) < 4.78 is 0. The first-order valence-electron chi connectivity index (χ1n) is 8.09. The molecular weight excluding hydrogens is 246 g/mol. The Hall–Kier alpha value is -1.09. The Kier molecular flexibility index (Phi) is 5.84. The monoisotopic (exact) mass is 275 g/mol. The van der Waals surface area contributed by atoms with Crippen LogP contribution in [0.5, 0.6) is 0 Å². The van der Waals surface area contributed by atoms with Crippen LogP contribution in [0.4, 0.5) is 5.82 Å². The average molecular weight is 275 g/mol. The minimum atomic E-state index is 0.695. The van der Waals surface area contributed by atoms with Crippen LogP contribution in [0, 0.1) is 11.8 Å². The first kappa shape index (κ1) is 15.3. The molecule has 2 rings (SSSR count). The van der Waals surface area contributed by atoms with E-state index in [0.29, 0.717) is 5.92 Å². The molecule has 0 spiro atoms. The molecule has 0 bridgehead atoms. The summed E-state index contributed by atoms with van der Waals surface area (Å²) in [5.41, 5.74) is 1.28. The summed E-state index contributed by atoms with van der Waals surface area (Å²) in [6.45, 7) is 11.0. The molecule has 0 aromatic carbocycles. The number of hydrogen-bond acceptors (Lipinski definition) is 3. The number of anilines is 1. The van der Waals surface area contributed by atoms with E-state index in [1.165, 1.54) is 31.4 Å². The maximum atomic E-state index is 4.66. The third-order valence-electron chi connectivity index (χ3n) is 3.68. The van der Waals surface area contributed by atoms with Gasteiger partial charge in [-0.2, -0.15) is 0 Å². The molecule has 1 aliphatic rings. The van der Waals surface area contributed by atoms with Gasteiger partial charge in [-0.3, -0.25) is 0 Å². The van der Waals surface area contributed by atoms with Gasteiger partial charge in [-0.15, -0.1) is 0 Å². The Bertz CT molecular complexity index is 382. The van der Waals surface area contributed by atoms with E-state index >= 15 is 0 Å². The lowest BCUT2D eigenvalue weighted by molar-refractivity contribution is 0.552. The van der Waals surface area contributed by atoms with Gasteiger partial charge in [0.25, 0.3) is 0 Å². The number of hydrogen-bond donors (Lipinski definition) is 1. The van der Waals surface area contributed by atoms with Gasteiger partial charge in [0.05, 0.1) is 0 Å². The van der Waals surface area contributed by atoms with Crippen LogP contribution in [0.3, 0.4) is 0 Å². The van der Waals surface area contributed by atoms with Gasteiger partial charge in [-0.25, -0.2) is 4.98 Å². The van der Waals surface area contributed by atoms with Crippen LogP contribution in [0.1, 0.15) is 45.6 Å². The SMILES string of the molecule is CCCN(CC1CC1)c1ccc(CNCC(C)C)cn1. The fraction of sp³-hybridized carbons (Fsp3) is 0.706. The van der Waals surface area contributed by atoms with Crippen LogP contribution >= 0.6 is 0 Å². The average Bonchev–Trinajstić information content (AvgIpc) is 3.23. The van der Waals surface area contributed by atoms with Crippen LogP contribution in [-0.2, 0) is 6.54 Å². The van der Waals surface area contributed by atoms with Gasteiger partial charge in [0.2, 0.25) is 0 Å². The minimum absolute atomic E-state index is 0.695. The van der Waals surface area contributed by atoms with Crippen molar-refractivity contribution in [2.24, 2.45) is 11.8 Å². The molecule has 0 amide bonds. The lowest BCUT2D eigenvalue weighted by Gasteiger charge is -2.23. The summed E-state index contributed by atoms with van der Waals surface area (Å²) in [5, 5.41) is 3.46. The Morgan fingerprint density at radius 3 is 2.70 bits per heavy atom. The van der Waals surface area contributed by atoms with E-state index in [-0.39, 0.29) is 0 Å². The van der Waals surface area contributed by atoms with Crippen molar-refractivity contribution in [3.8, 4) is 0 Å². The van der Waals surface area contributed by atoms with E-state index in [9.17, 15) is 0 Å². The van der Waals surface area contributed by atoms with Crippen molar-refractivity contribution in [1.82, 2.24) is 10.3 Å². The normalized spacial score (nSPS) is 14.8. The van der Waals surface area contributed by atoms with Crippen molar-refractivity contribution in [2.75, 3.05) is 24.5 Å². The van der Waals surface area contributed by atoms with E-state index in [2.05, 4.69) is 48.1 Å². The molecule has 0 radical (unpaired) electrons. The maximum absolute atomic E-state index is 4.66. The summed E-state index contributed by atoms with van der Waals surface area (Å²) in [6, 6.07) is 4.40. The summed E-state index contributed by atoms with van der Waals surface area (Å²) in [4.78, 5) is 7.11. The first-order valence-corrected chi connectivity index (χ1v) is 8.09. The second-order valence-corrected chi connectivity index (χ2v) is 6.44. The number of rotatable bonds is 9. The second kappa shape index (κ2) is 7.63. The molecule has 1 N–H and O–H groups in total. The molecule has 0 unspecified atom stereocenters. The fourth-order valence-corrected chi connectivity index (χ4v) is 2.39. The maximum Gasteiger partial charge on any atom is 0.128 e. The standard InChI is InChI=1S/C17H29N3/c1-4-9-20(13-15-5-6-15)17-8-7-16(12-19-17)11-18-10-14(2)3/h7-8,12,14-15,18H,4-6,9-11,13H2,1-3H3. The Morgan fingerprint density at radius 1 is 1.35 bits per heavy atom. The molecule has 112 valence electrons. The molecule has 3 heteroatoms. The van der Waals surface area contributed by atoms with Crippen molar-refractivity contribution in [2.45, 2.75) is 46.6 Å². The zero-order chi connectivity index (χ0) is 14.4. The van der Waals surface area contributed by atoms with Crippen molar-refractivity contribution in [3.63, 3.8) is 0 Å². The van der Waals surface area contributed by atoms with Gasteiger partial charge in [-0.1, -0.05) is 26.8 Å². The molecule has 1 heterocycles. The lowest BCUT2D eigenvalue weighted by Crippen LogP contribution is -2.27. The molecule has 0 aliphatic heterocycles. The number of nitrogens with one attached hydrogen (secondary N) is 1. The van der Waals surface area contributed by atoms with Crippen molar-refractivity contribution >= 4 is 5.82 Å². The summed E-state index contributed by atoms with van der Waals surface area (Å²) in [5.74, 6) is 2.75. The molecule has 1 fully saturated rings. The molecule has 3 nitrogen and oxygen atoms in total. The van der Waals surface area contributed by atoms with Crippen LogP contribution < -0.4 is 10.2 Å². The number of nitrogens with zero attached hydrogens (tertiary/aromatic N) is 2. The Morgan fingerprint density at radius 2 is 2.15 bits per heavy atom. The molecule has 20 heavy (non-hydrogen) atoms. The zero-order valence-electron chi connectivity index (χ0n) is 13.2. The van der Waals surface area contributed by atoms with Crippen LogP contribution in [0.2, 0.25) is 0 Å². The highest BCUT2D eigenvalue weighted by Crippen LogP contribution is 2.31. The van der Waals surface area contributed by atoms with Gasteiger partial charge >= 0.3 is 0 Å². The minimum Gasteiger partial charge on any atom is -0.356 e. The van der Waals surface area contributed by atoms with Crippen molar-refractivity contribution < 1.29 is 0 Å². The first-order chi connectivity index (χ1) is 9.69. The topological polar surface area (TPSA) is 28.2 Å². The third kappa shape index (κ3) is 5.12. The smallest absolute Gasteiger partial charge is 0.128 e. The predicted octanol–water partition coefficient (Wildman–Crippen LogP) is 3.45. The highest BCUT2D eigenvalue weighted by molar-refractivity contribution is 5.39. The lowest BCUT2D eigenvalue weighted by atomic mass is 10.2. The quantitative estimate of drug-likeness (QED) is 0.748. The number of pyridine rings is 1. The summed E-state index contributed by atoms with van der Waals surface area (Å²) >= 11 is 0. The Labute approximate surface area is 123 Å². The van der Waals surface area contributed by atoms with E-state index in [4.69, 9.17) is 0 Å². The van der Waals surface area contributed by atoms with Gasteiger partial charge < -0.3 is 10.2 Å². The Balaban J connectivity index is 1.87. The van der Waals surface area contributed by atoms with Gasteiger partial charge in [-0.05, 0) is 49.3 Å². The summed E-state index contributed by atoms with van der Waals surface area (Å²) in [7, 11) is 0. The van der Waals surface area contributed by atoms with Gasteiger partial charge in [0.1, 0.15) is 5.82 Å². The van der Waals surface area contributed by atoms with E-state index in [1.54, 1.807) is 0 Å². The van der Waals surface area contributed by atoms with Crippen molar-refractivity contribution in [3.05, 3.63) is 23.9 Å². The molecular formula is C17H29N3. The highest BCUT2D eigenvalue weighted by Gasteiger charge is 2.24. The predicted molar refractivity (Wildman–Crippen MR) is 86.0 cm³/mol. The van der Waals surface area contributed by atoms with Crippen LogP contribution in [0.25, 0.3) is 0 Å². The van der Waals surface area contributed by atoms with Gasteiger partial charge in [0.15, 0.2) is 0 Å². The molecule has 1 saturated carbocycles. The van der Waals surface area contributed by atoms with Crippen LogP contribution in [0.15, 0.2) is 18.3 Å². The third-order valence-corrected chi connectivity index (χ3v) is 3.68. The van der Waals surface area contributed by atoms with Crippen LogP contribution in [-0.4, -0.2) is 24.6 Å². The molecule has 0 atom stereocenters. The highest BCUT2D eigenvalue weighted by atomic mass is 15.2. The fourth-order valence-electron chi connectivity index (χ4n) is 2.39.